The number of anilines is 1. The Kier molecular flexibility index (Phi) is 9.01. The van der Waals surface area contributed by atoms with Gasteiger partial charge in [0.2, 0.25) is 0 Å². The third-order valence-electron chi connectivity index (χ3n) is 5.71. The minimum absolute atomic E-state index is 0.0961. The molecule has 200 valence electrons. The Morgan fingerprint density at radius 3 is 2.21 bits per heavy atom. The fourth-order valence-electron chi connectivity index (χ4n) is 3.87. The van der Waals surface area contributed by atoms with Crippen molar-refractivity contribution in [2.24, 2.45) is 5.10 Å². The fourth-order valence-corrected chi connectivity index (χ4v) is 5.42. The second-order valence-electron chi connectivity index (χ2n) is 8.95. The molecule has 0 radical (unpaired) electrons. The minimum Gasteiger partial charge on any atom is -0.489 e. The number of ether oxygens (including phenoxy) is 1. The van der Waals surface area contributed by atoms with Gasteiger partial charge in [0.1, 0.15) is 18.9 Å². The van der Waals surface area contributed by atoms with Crippen molar-refractivity contribution in [1.29, 1.82) is 0 Å². The van der Waals surface area contributed by atoms with Crippen molar-refractivity contribution in [2.75, 3.05) is 10.8 Å². The highest BCUT2D eigenvalue weighted by Crippen LogP contribution is 2.25. The Labute approximate surface area is 233 Å². The first-order valence-electron chi connectivity index (χ1n) is 12.2. The molecule has 0 aromatic heterocycles. The fraction of sp³-hybridized carbons (Fsp3) is 0.133. The van der Waals surface area contributed by atoms with Crippen molar-refractivity contribution in [2.45, 2.75) is 25.3 Å². The maximum atomic E-state index is 13.5. The lowest BCUT2D eigenvalue weighted by molar-refractivity contribution is -0.119. The summed E-state index contributed by atoms with van der Waals surface area (Å²) >= 11 is 5.91. The van der Waals surface area contributed by atoms with E-state index in [-0.39, 0.29) is 4.90 Å². The van der Waals surface area contributed by atoms with Gasteiger partial charge < -0.3 is 4.74 Å². The lowest BCUT2D eigenvalue weighted by Crippen LogP contribution is -2.39. The molecule has 0 spiro atoms. The number of aryl methyl sites for hydroxylation is 2. The first-order chi connectivity index (χ1) is 18.7. The molecule has 9 heteroatoms. The predicted octanol–water partition coefficient (Wildman–Crippen LogP) is 5.88. The van der Waals surface area contributed by atoms with Gasteiger partial charge in [0.15, 0.2) is 0 Å². The molecule has 1 amide bonds. The van der Waals surface area contributed by atoms with Gasteiger partial charge in [0.25, 0.3) is 15.9 Å². The maximum Gasteiger partial charge on any atom is 0.264 e. The van der Waals surface area contributed by atoms with E-state index in [0.717, 1.165) is 26.6 Å². The van der Waals surface area contributed by atoms with E-state index in [2.05, 4.69) is 10.5 Å². The van der Waals surface area contributed by atoms with Crippen LogP contribution in [0.25, 0.3) is 0 Å². The molecular weight excluding hydrogens is 534 g/mol. The second-order valence-corrected chi connectivity index (χ2v) is 11.2. The third kappa shape index (κ3) is 7.69. The summed E-state index contributed by atoms with van der Waals surface area (Å²) in [6.07, 6.45) is 1.48. The standard InChI is InChI=1S/C30H28ClN3O4S/c1-22-16-23(2)18-27(17-22)34(39(36,37)29-6-4-3-5-7-29)20-30(35)33-32-19-24-10-14-28(15-11-24)38-21-25-8-12-26(31)13-9-25/h3-19H,20-21H2,1-2H3,(H,33,35)/b32-19-. The summed E-state index contributed by atoms with van der Waals surface area (Å²) in [5.41, 5.74) is 6.34. The van der Waals surface area contributed by atoms with Gasteiger partial charge in [-0.05, 0) is 96.8 Å². The van der Waals surface area contributed by atoms with Crippen molar-refractivity contribution in [1.82, 2.24) is 5.43 Å². The Balaban J connectivity index is 1.41. The summed E-state index contributed by atoms with van der Waals surface area (Å²) < 4.78 is 33.8. The van der Waals surface area contributed by atoms with Gasteiger partial charge in [-0.25, -0.2) is 13.8 Å². The van der Waals surface area contributed by atoms with Crippen LogP contribution in [0.3, 0.4) is 0 Å². The molecule has 0 heterocycles. The number of sulfonamides is 1. The normalized spacial score (nSPS) is 11.4. The smallest absolute Gasteiger partial charge is 0.264 e. The van der Waals surface area contributed by atoms with Crippen LogP contribution in [0.5, 0.6) is 5.75 Å². The molecule has 39 heavy (non-hydrogen) atoms. The van der Waals surface area contributed by atoms with E-state index in [4.69, 9.17) is 16.3 Å². The summed E-state index contributed by atoms with van der Waals surface area (Å²) in [5, 5.41) is 4.68. The van der Waals surface area contributed by atoms with Crippen LogP contribution in [0.4, 0.5) is 5.69 Å². The molecular formula is C30H28ClN3O4S. The van der Waals surface area contributed by atoms with E-state index < -0.39 is 22.5 Å². The van der Waals surface area contributed by atoms with Gasteiger partial charge in [0, 0.05) is 5.02 Å². The first kappa shape index (κ1) is 27.9. The van der Waals surface area contributed by atoms with Crippen LogP contribution in [0.1, 0.15) is 22.3 Å². The Hall–Kier alpha value is -4.14. The van der Waals surface area contributed by atoms with Crippen LogP contribution in [-0.2, 0) is 21.4 Å². The van der Waals surface area contributed by atoms with Gasteiger partial charge in [-0.3, -0.25) is 9.10 Å². The topological polar surface area (TPSA) is 88.1 Å². The molecule has 1 N–H and O–H groups in total. The van der Waals surface area contributed by atoms with E-state index in [1.165, 1.54) is 18.3 Å². The molecule has 0 aliphatic heterocycles. The lowest BCUT2D eigenvalue weighted by Gasteiger charge is -2.24. The molecule has 0 saturated heterocycles. The monoisotopic (exact) mass is 561 g/mol. The van der Waals surface area contributed by atoms with Crippen LogP contribution in [0.2, 0.25) is 5.02 Å². The number of hydrazone groups is 1. The summed E-state index contributed by atoms with van der Waals surface area (Å²) in [6, 6.07) is 28.1. The number of carbonyl (C=O) groups excluding carboxylic acids is 1. The number of hydrogen-bond acceptors (Lipinski definition) is 5. The van der Waals surface area contributed by atoms with Crippen molar-refractivity contribution in [3.05, 3.63) is 124 Å². The average molecular weight is 562 g/mol. The maximum absolute atomic E-state index is 13.5. The molecule has 4 aromatic rings. The van der Waals surface area contributed by atoms with E-state index >= 15 is 0 Å². The van der Waals surface area contributed by atoms with Gasteiger partial charge in [-0.15, -0.1) is 0 Å². The number of amides is 1. The van der Waals surface area contributed by atoms with Crippen molar-refractivity contribution < 1.29 is 17.9 Å². The number of rotatable bonds is 10. The van der Waals surface area contributed by atoms with Crippen LogP contribution in [0.15, 0.2) is 107 Å². The number of nitrogens with one attached hydrogen (secondary N) is 1. The number of hydrogen-bond donors (Lipinski definition) is 1. The van der Waals surface area contributed by atoms with E-state index in [9.17, 15) is 13.2 Å². The molecule has 0 unspecified atom stereocenters. The quantitative estimate of drug-likeness (QED) is 0.193. The van der Waals surface area contributed by atoms with Crippen molar-refractivity contribution >= 4 is 39.4 Å². The molecule has 0 atom stereocenters. The number of halogens is 1. The van der Waals surface area contributed by atoms with Gasteiger partial charge in [-0.1, -0.05) is 48.0 Å². The first-order valence-corrected chi connectivity index (χ1v) is 14.0. The number of benzene rings is 4. The second kappa shape index (κ2) is 12.6. The largest absolute Gasteiger partial charge is 0.489 e. The van der Waals surface area contributed by atoms with Gasteiger partial charge >= 0.3 is 0 Å². The Morgan fingerprint density at radius 2 is 1.56 bits per heavy atom. The zero-order valence-electron chi connectivity index (χ0n) is 21.5. The molecule has 4 aromatic carbocycles. The van der Waals surface area contributed by atoms with E-state index in [1.54, 1.807) is 54.6 Å². The molecule has 0 fully saturated rings. The van der Waals surface area contributed by atoms with Crippen molar-refractivity contribution in [3.63, 3.8) is 0 Å². The SMILES string of the molecule is Cc1cc(C)cc(N(CC(=O)N/N=C\c2ccc(OCc3ccc(Cl)cc3)cc2)S(=O)(=O)c2ccccc2)c1. The summed E-state index contributed by atoms with van der Waals surface area (Å²) in [6.45, 7) is 3.73. The molecule has 0 aliphatic carbocycles. The van der Waals surface area contributed by atoms with Crippen LogP contribution >= 0.6 is 11.6 Å². The minimum atomic E-state index is -3.99. The van der Waals surface area contributed by atoms with Crippen LogP contribution in [-0.4, -0.2) is 27.1 Å². The molecule has 0 bridgehead atoms. The van der Waals surface area contributed by atoms with E-state index in [1.807, 2.05) is 44.2 Å². The molecule has 0 aliphatic rings. The zero-order valence-corrected chi connectivity index (χ0v) is 23.1. The highest BCUT2D eigenvalue weighted by molar-refractivity contribution is 7.92. The highest BCUT2D eigenvalue weighted by Gasteiger charge is 2.27. The predicted molar refractivity (Wildman–Crippen MR) is 155 cm³/mol. The third-order valence-corrected chi connectivity index (χ3v) is 7.75. The van der Waals surface area contributed by atoms with Crippen LogP contribution in [0, 0.1) is 13.8 Å². The Bertz CT molecular complexity index is 1540. The van der Waals surface area contributed by atoms with Gasteiger partial charge in [-0.2, -0.15) is 5.10 Å². The average Bonchev–Trinajstić information content (AvgIpc) is 2.92. The molecule has 0 saturated carbocycles. The molecule has 4 rings (SSSR count). The number of nitrogens with zero attached hydrogens (tertiary/aromatic N) is 2. The summed E-state index contributed by atoms with van der Waals surface area (Å²) in [5.74, 6) is 0.106. The Morgan fingerprint density at radius 1 is 0.923 bits per heavy atom. The van der Waals surface area contributed by atoms with E-state index in [0.29, 0.717) is 23.1 Å². The van der Waals surface area contributed by atoms with Crippen LogP contribution < -0.4 is 14.5 Å². The highest BCUT2D eigenvalue weighted by atomic mass is 35.5. The summed E-state index contributed by atoms with van der Waals surface area (Å²) in [4.78, 5) is 12.9. The van der Waals surface area contributed by atoms with Gasteiger partial charge in [0.05, 0.1) is 16.8 Å². The van der Waals surface area contributed by atoms with Crippen molar-refractivity contribution in [3.8, 4) is 5.75 Å². The summed E-state index contributed by atoms with van der Waals surface area (Å²) in [7, 11) is -3.99. The zero-order chi connectivity index (χ0) is 27.8. The lowest BCUT2D eigenvalue weighted by atomic mass is 10.1. The molecule has 7 nitrogen and oxygen atoms in total. The number of carbonyl (C=O) groups is 1.